The summed E-state index contributed by atoms with van der Waals surface area (Å²) in [5, 5.41) is 9.10. The van der Waals surface area contributed by atoms with Crippen LogP contribution in [0.1, 0.15) is 19.4 Å². The molecule has 18 heavy (non-hydrogen) atoms. The van der Waals surface area contributed by atoms with E-state index in [-0.39, 0.29) is 5.91 Å². The van der Waals surface area contributed by atoms with Gasteiger partial charge in [-0.15, -0.1) is 0 Å². The van der Waals surface area contributed by atoms with Gasteiger partial charge in [0.2, 0.25) is 0 Å². The number of carboxylic acids is 1. The average molecular weight is 249 g/mol. The van der Waals surface area contributed by atoms with Gasteiger partial charge >= 0.3 is 5.97 Å². The molecular weight excluding hydrogens is 234 g/mol. The van der Waals surface area contributed by atoms with Crippen molar-refractivity contribution in [2.75, 3.05) is 4.90 Å². The monoisotopic (exact) mass is 249 g/mol. The van der Waals surface area contributed by atoms with E-state index in [1.165, 1.54) is 11.8 Å². The van der Waals surface area contributed by atoms with Gasteiger partial charge in [0.1, 0.15) is 11.8 Å². The number of hydrogen-bond donors (Lipinski definition) is 1. The molecule has 2 unspecified atom stereocenters. The summed E-state index contributed by atoms with van der Waals surface area (Å²) in [6.45, 7) is 4.99. The Balaban J connectivity index is 2.54. The molecule has 1 aromatic rings. The lowest BCUT2D eigenvalue weighted by Gasteiger charge is -2.35. The first kappa shape index (κ1) is 12.4. The van der Waals surface area contributed by atoms with Crippen LogP contribution in [0.25, 0.3) is 0 Å². The number of carbonyl (C=O) groups is 2. The molecule has 0 aliphatic carbocycles. The number of aryl methyl sites for hydroxylation is 1. The highest BCUT2D eigenvalue weighted by Crippen LogP contribution is 2.36. The van der Waals surface area contributed by atoms with Crippen molar-refractivity contribution in [1.82, 2.24) is 0 Å². The van der Waals surface area contributed by atoms with E-state index in [2.05, 4.69) is 0 Å². The Hall–Kier alpha value is -2.04. The molecule has 5 nitrogen and oxygen atoms in total. The summed E-state index contributed by atoms with van der Waals surface area (Å²) in [7, 11) is 0. The SMILES string of the molecule is Cc1ccc2c(c1)N(C(C)C(=O)O)C(=O)C(C)O2. The van der Waals surface area contributed by atoms with Crippen molar-refractivity contribution in [1.29, 1.82) is 0 Å². The van der Waals surface area contributed by atoms with E-state index in [1.807, 2.05) is 13.0 Å². The lowest BCUT2D eigenvalue weighted by atomic mass is 10.1. The second-order valence-corrected chi connectivity index (χ2v) is 4.45. The molecule has 1 amide bonds. The summed E-state index contributed by atoms with van der Waals surface area (Å²) in [4.78, 5) is 24.5. The van der Waals surface area contributed by atoms with Crippen LogP contribution in [-0.2, 0) is 9.59 Å². The number of amides is 1. The highest BCUT2D eigenvalue weighted by molar-refractivity contribution is 6.04. The molecule has 96 valence electrons. The number of rotatable bonds is 2. The maximum Gasteiger partial charge on any atom is 0.326 e. The van der Waals surface area contributed by atoms with Gasteiger partial charge in [0.05, 0.1) is 5.69 Å². The van der Waals surface area contributed by atoms with Gasteiger partial charge in [-0.1, -0.05) is 6.07 Å². The molecule has 0 aromatic heterocycles. The van der Waals surface area contributed by atoms with Crippen LogP contribution < -0.4 is 9.64 Å². The maximum atomic E-state index is 12.1. The molecule has 1 aromatic carbocycles. The minimum Gasteiger partial charge on any atom is -0.480 e. The van der Waals surface area contributed by atoms with Crippen LogP contribution >= 0.6 is 0 Å². The van der Waals surface area contributed by atoms with Crippen molar-refractivity contribution >= 4 is 17.6 Å². The van der Waals surface area contributed by atoms with Crippen molar-refractivity contribution in [3.63, 3.8) is 0 Å². The Kier molecular flexibility index (Phi) is 2.98. The number of ether oxygens (including phenoxy) is 1. The highest BCUT2D eigenvalue weighted by Gasteiger charge is 2.37. The lowest BCUT2D eigenvalue weighted by Crippen LogP contribution is -2.51. The zero-order chi connectivity index (χ0) is 13.4. The third-order valence-electron chi connectivity index (χ3n) is 3.01. The number of anilines is 1. The summed E-state index contributed by atoms with van der Waals surface area (Å²) in [6.07, 6.45) is -0.665. The largest absolute Gasteiger partial charge is 0.480 e. The van der Waals surface area contributed by atoms with E-state index in [4.69, 9.17) is 9.84 Å². The number of aliphatic carboxylic acids is 1. The van der Waals surface area contributed by atoms with Gasteiger partial charge in [0.15, 0.2) is 6.10 Å². The van der Waals surface area contributed by atoms with Crippen LogP contribution in [0.2, 0.25) is 0 Å². The van der Waals surface area contributed by atoms with E-state index < -0.39 is 18.1 Å². The van der Waals surface area contributed by atoms with Crippen molar-refractivity contribution in [3.05, 3.63) is 23.8 Å². The van der Waals surface area contributed by atoms with Crippen LogP contribution in [0.15, 0.2) is 18.2 Å². The summed E-state index contributed by atoms with van der Waals surface area (Å²) >= 11 is 0. The Labute approximate surface area is 105 Å². The molecule has 2 rings (SSSR count). The van der Waals surface area contributed by atoms with Gasteiger partial charge in [-0.25, -0.2) is 4.79 Å². The molecule has 0 radical (unpaired) electrons. The van der Waals surface area contributed by atoms with Crippen molar-refractivity contribution in [2.24, 2.45) is 0 Å². The predicted octanol–water partition coefficient (Wildman–Crippen LogP) is 1.58. The maximum absolute atomic E-state index is 12.1. The molecule has 1 N–H and O–H groups in total. The molecule has 2 atom stereocenters. The molecule has 0 saturated carbocycles. The summed E-state index contributed by atoms with van der Waals surface area (Å²) < 4.78 is 5.48. The Morgan fingerprint density at radius 3 is 2.78 bits per heavy atom. The highest BCUT2D eigenvalue weighted by atomic mass is 16.5. The third-order valence-corrected chi connectivity index (χ3v) is 3.01. The quantitative estimate of drug-likeness (QED) is 0.864. The van der Waals surface area contributed by atoms with Crippen LogP contribution in [-0.4, -0.2) is 29.1 Å². The number of carboxylic acid groups (broad SMARTS) is 1. The van der Waals surface area contributed by atoms with Crippen molar-refractivity contribution in [2.45, 2.75) is 32.9 Å². The standard InChI is InChI=1S/C13H15NO4/c1-7-4-5-11-10(6-7)14(8(2)13(16)17)12(15)9(3)18-11/h4-6,8-9H,1-3H3,(H,16,17). The molecule has 1 aliphatic heterocycles. The van der Waals surface area contributed by atoms with Crippen LogP contribution in [0.5, 0.6) is 5.75 Å². The van der Waals surface area contributed by atoms with Crippen molar-refractivity contribution < 1.29 is 19.4 Å². The second kappa shape index (κ2) is 4.33. The first-order chi connectivity index (χ1) is 8.41. The van der Waals surface area contributed by atoms with E-state index in [9.17, 15) is 9.59 Å². The molecule has 0 saturated heterocycles. The van der Waals surface area contributed by atoms with Gasteiger partial charge in [0.25, 0.3) is 5.91 Å². The molecule has 5 heteroatoms. The van der Waals surface area contributed by atoms with Crippen LogP contribution in [0, 0.1) is 6.92 Å². The molecule has 1 aliphatic rings. The third kappa shape index (κ3) is 1.92. The number of hydrogen-bond acceptors (Lipinski definition) is 3. The zero-order valence-corrected chi connectivity index (χ0v) is 10.5. The van der Waals surface area contributed by atoms with E-state index in [1.54, 1.807) is 19.1 Å². The van der Waals surface area contributed by atoms with Crippen LogP contribution in [0.4, 0.5) is 5.69 Å². The van der Waals surface area contributed by atoms with Gasteiger partial charge in [-0.05, 0) is 38.5 Å². The second-order valence-electron chi connectivity index (χ2n) is 4.45. The van der Waals surface area contributed by atoms with E-state index in [0.717, 1.165) is 5.56 Å². The normalized spacial score (nSPS) is 20.1. The average Bonchev–Trinajstić information content (AvgIpc) is 2.31. The summed E-state index contributed by atoms with van der Waals surface area (Å²) in [6, 6.07) is 4.48. The van der Waals surface area contributed by atoms with Gasteiger partial charge in [-0.3, -0.25) is 9.69 Å². The first-order valence-electron chi connectivity index (χ1n) is 5.75. The fourth-order valence-corrected chi connectivity index (χ4v) is 1.98. The molecule has 0 fully saturated rings. The number of carbonyl (C=O) groups excluding carboxylic acids is 1. The molecule has 0 spiro atoms. The number of benzene rings is 1. The minimum atomic E-state index is -1.04. The van der Waals surface area contributed by atoms with E-state index in [0.29, 0.717) is 11.4 Å². The number of nitrogens with zero attached hydrogens (tertiary/aromatic N) is 1. The molecular formula is C13H15NO4. The Morgan fingerprint density at radius 2 is 2.17 bits per heavy atom. The number of fused-ring (bicyclic) bond motifs is 1. The first-order valence-corrected chi connectivity index (χ1v) is 5.75. The van der Waals surface area contributed by atoms with Crippen LogP contribution in [0.3, 0.4) is 0 Å². The Bertz CT molecular complexity index is 512. The molecule has 1 heterocycles. The van der Waals surface area contributed by atoms with Gasteiger partial charge in [-0.2, -0.15) is 0 Å². The zero-order valence-electron chi connectivity index (χ0n) is 10.5. The topological polar surface area (TPSA) is 66.8 Å². The summed E-state index contributed by atoms with van der Waals surface area (Å²) in [5.74, 6) is -0.825. The molecule has 0 bridgehead atoms. The summed E-state index contributed by atoms with van der Waals surface area (Å²) in [5.41, 5.74) is 1.47. The van der Waals surface area contributed by atoms with Gasteiger partial charge < -0.3 is 9.84 Å². The predicted molar refractivity (Wildman–Crippen MR) is 65.9 cm³/mol. The lowest BCUT2D eigenvalue weighted by molar-refractivity contribution is -0.140. The van der Waals surface area contributed by atoms with Crippen molar-refractivity contribution in [3.8, 4) is 5.75 Å². The fourth-order valence-electron chi connectivity index (χ4n) is 1.98. The van der Waals surface area contributed by atoms with E-state index >= 15 is 0 Å². The van der Waals surface area contributed by atoms with Gasteiger partial charge in [0, 0.05) is 0 Å². The minimum absolute atomic E-state index is 0.331. The Morgan fingerprint density at radius 1 is 1.50 bits per heavy atom. The fraction of sp³-hybridized carbons (Fsp3) is 0.385. The smallest absolute Gasteiger partial charge is 0.326 e.